The van der Waals surface area contributed by atoms with Crippen LogP contribution in [0.3, 0.4) is 0 Å². The molecule has 0 aliphatic rings. The van der Waals surface area contributed by atoms with Gasteiger partial charge in [0.2, 0.25) is 5.91 Å². The normalized spacial score (nSPS) is 11.1. The van der Waals surface area contributed by atoms with Gasteiger partial charge in [-0.3, -0.25) is 9.10 Å². The summed E-state index contributed by atoms with van der Waals surface area (Å²) in [7, 11) is -4.06. The molecule has 0 bridgehead atoms. The predicted octanol–water partition coefficient (Wildman–Crippen LogP) is 3.35. The van der Waals surface area contributed by atoms with Crippen molar-refractivity contribution in [2.75, 3.05) is 24.0 Å². The number of hydrogen-bond acceptors (Lipinski definition) is 4. The number of anilines is 1. The van der Waals surface area contributed by atoms with Gasteiger partial charge < -0.3 is 10.1 Å². The van der Waals surface area contributed by atoms with E-state index in [0.717, 1.165) is 22.0 Å². The zero-order valence-electron chi connectivity index (χ0n) is 16.8. The maximum Gasteiger partial charge on any atom is 0.264 e. The Bertz CT molecular complexity index is 1080. The quantitative estimate of drug-likeness (QED) is 0.489. The molecule has 3 aromatic rings. The minimum atomic E-state index is -4.06. The van der Waals surface area contributed by atoms with Crippen LogP contribution in [0, 0.1) is 5.82 Å². The molecule has 0 atom stereocenters. The standard InChI is InChI=1S/C23H23FN2O4S/c24-20-11-13-22(14-12-20)31(28,29)26(21-9-5-2-6-10-21)17-23(27)25-15-16-30-18-19-7-3-1-4-8-19/h1-14H,15-18H2,(H,25,27). The lowest BCUT2D eigenvalue weighted by Gasteiger charge is -2.24. The van der Waals surface area contributed by atoms with E-state index in [1.165, 1.54) is 12.1 Å². The Balaban J connectivity index is 1.62. The molecule has 6 nitrogen and oxygen atoms in total. The molecular formula is C23H23FN2O4S. The number of nitrogens with zero attached hydrogens (tertiary/aromatic N) is 1. The number of amides is 1. The highest BCUT2D eigenvalue weighted by Crippen LogP contribution is 2.23. The third-order valence-corrected chi connectivity index (χ3v) is 6.20. The van der Waals surface area contributed by atoms with Crippen LogP contribution in [-0.4, -0.2) is 34.0 Å². The van der Waals surface area contributed by atoms with E-state index in [1.54, 1.807) is 30.3 Å². The monoisotopic (exact) mass is 442 g/mol. The van der Waals surface area contributed by atoms with Crippen molar-refractivity contribution in [2.24, 2.45) is 0 Å². The molecule has 0 unspecified atom stereocenters. The molecule has 0 radical (unpaired) electrons. The van der Waals surface area contributed by atoms with E-state index in [1.807, 2.05) is 30.3 Å². The molecule has 3 rings (SSSR count). The molecule has 8 heteroatoms. The second kappa shape index (κ2) is 10.7. The lowest BCUT2D eigenvalue weighted by molar-refractivity contribution is -0.119. The van der Waals surface area contributed by atoms with Gasteiger partial charge in [-0.2, -0.15) is 0 Å². The van der Waals surface area contributed by atoms with E-state index in [4.69, 9.17) is 4.74 Å². The Morgan fingerprint density at radius 2 is 1.52 bits per heavy atom. The van der Waals surface area contributed by atoms with Crippen molar-refractivity contribution >= 4 is 21.6 Å². The molecule has 162 valence electrons. The van der Waals surface area contributed by atoms with Gasteiger partial charge in [-0.25, -0.2) is 12.8 Å². The molecule has 0 heterocycles. The third kappa shape index (κ3) is 6.37. The molecule has 0 aliphatic carbocycles. The largest absolute Gasteiger partial charge is 0.375 e. The van der Waals surface area contributed by atoms with Crippen LogP contribution in [0.4, 0.5) is 10.1 Å². The summed E-state index contributed by atoms with van der Waals surface area (Å²) in [6.07, 6.45) is 0. The average Bonchev–Trinajstić information content (AvgIpc) is 2.79. The summed E-state index contributed by atoms with van der Waals surface area (Å²) in [6.45, 7) is 0.537. The van der Waals surface area contributed by atoms with Gasteiger partial charge in [0.15, 0.2) is 0 Å². The Hall–Kier alpha value is -3.23. The van der Waals surface area contributed by atoms with Crippen LogP contribution in [0.25, 0.3) is 0 Å². The van der Waals surface area contributed by atoms with E-state index in [-0.39, 0.29) is 18.0 Å². The molecular weight excluding hydrogens is 419 g/mol. The Labute approximate surface area is 181 Å². The zero-order chi connectivity index (χ0) is 22.1. The number of ether oxygens (including phenoxy) is 1. The first kappa shape index (κ1) is 22.5. The van der Waals surface area contributed by atoms with E-state index in [0.29, 0.717) is 12.3 Å². The SMILES string of the molecule is O=C(CN(c1ccccc1)S(=O)(=O)c1ccc(F)cc1)NCCOCc1ccccc1. The van der Waals surface area contributed by atoms with Gasteiger partial charge in [0, 0.05) is 6.54 Å². The van der Waals surface area contributed by atoms with Crippen LogP contribution in [0.1, 0.15) is 5.56 Å². The fraction of sp³-hybridized carbons (Fsp3) is 0.174. The van der Waals surface area contributed by atoms with Crippen LogP contribution in [-0.2, 0) is 26.2 Å². The Morgan fingerprint density at radius 3 is 2.16 bits per heavy atom. The molecule has 0 aromatic heterocycles. The van der Waals surface area contributed by atoms with Gasteiger partial charge in [-0.15, -0.1) is 0 Å². The van der Waals surface area contributed by atoms with Gasteiger partial charge in [-0.1, -0.05) is 48.5 Å². The van der Waals surface area contributed by atoms with Gasteiger partial charge >= 0.3 is 0 Å². The number of hydrogen-bond donors (Lipinski definition) is 1. The lowest BCUT2D eigenvalue weighted by atomic mass is 10.2. The molecule has 0 fully saturated rings. The molecule has 0 spiro atoms. The molecule has 0 saturated carbocycles. The Kier molecular flexibility index (Phi) is 7.75. The average molecular weight is 443 g/mol. The zero-order valence-corrected chi connectivity index (χ0v) is 17.6. The highest BCUT2D eigenvalue weighted by Gasteiger charge is 2.27. The van der Waals surface area contributed by atoms with Crippen LogP contribution < -0.4 is 9.62 Å². The highest BCUT2D eigenvalue weighted by molar-refractivity contribution is 7.92. The van der Waals surface area contributed by atoms with E-state index >= 15 is 0 Å². The van der Waals surface area contributed by atoms with E-state index in [9.17, 15) is 17.6 Å². The van der Waals surface area contributed by atoms with Gasteiger partial charge in [-0.05, 0) is 42.0 Å². The van der Waals surface area contributed by atoms with Crippen molar-refractivity contribution in [3.05, 3.63) is 96.3 Å². The summed E-state index contributed by atoms with van der Waals surface area (Å²) in [6, 6.07) is 22.4. The third-order valence-electron chi connectivity index (χ3n) is 4.41. The van der Waals surface area contributed by atoms with Crippen molar-refractivity contribution in [2.45, 2.75) is 11.5 Å². The summed E-state index contributed by atoms with van der Waals surface area (Å²) in [5.41, 5.74) is 1.36. The summed E-state index contributed by atoms with van der Waals surface area (Å²) in [4.78, 5) is 12.4. The van der Waals surface area contributed by atoms with Gasteiger partial charge in [0.1, 0.15) is 12.4 Å². The second-order valence-electron chi connectivity index (χ2n) is 6.69. The number of halogens is 1. The molecule has 1 amide bonds. The van der Waals surface area contributed by atoms with Crippen molar-refractivity contribution in [3.63, 3.8) is 0 Å². The van der Waals surface area contributed by atoms with E-state index < -0.39 is 28.3 Å². The van der Waals surface area contributed by atoms with Crippen molar-refractivity contribution in [1.82, 2.24) is 5.32 Å². The predicted molar refractivity (Wildman–Crippen MR) is 116 cm³/mol. The molecule has 3 aromatic carbocycles. The maximum atomic E-state index is 13.2. The molecule has 1 N–H and O–H groups in total. The fourth-order valence-electron chi connectivity index (χ4n) is 2.86. The second-order valence-corrected chi connectivity index (χ2v) is 8.55. The molecule has 0 aliphatic heterocycles. The number of carbonyl (C=O) groups is 1. The van der Waals surface area contributed by atoms with Crippen LogP contribution in [0.5, 0.6) is 0 Å². The van der Waals surface area contributed by atoms with Crippen LogP contribution >= 0.6 is 0 Å². The lowest BCUT2D eigenvalue weighted by Crippen LogP contribution is -2.41. The minimum Gasteiger partial charge on any atom is -0.375 e. The molecule has 31 heavy (non-hydrogen) atoms. The van der Waals surface area contributed by atoms with Crippen molar-refractivity contribution in [1.29, 1.82) is 0 Å². The summed E-state index contributed by atoms with van der Waals surface area (Å²) >= 11 is 0. The number of carbonyl (C=O) groups excluding carboxylic acids is 1. The first-order valence-corrected chi connectivity index (χ1v) is 11.1. The maximum absolute atomic E-state index is 13.2. The number of nitrogens with one attached hydrogen (secondary N) is 1. The number of para-hydroxylation sites is 1. The number of rotatable bonds is 10. The first-order valence-electron chi connectivity index (χ1n) is 9.68. The molecule has 0 saturated heterocycles. The van der Waals surface area contributed by atoms with E-state index in [2.05, 4.69) is 5.32 Å². The van der Waals surface area contributed by atoms with Gasteiger partial charge in [0.05, 0.1) is 23.8 Å². The summed E-state index contributed by atoms with van der Waals surface area (Å²) < 4.78 is 46.0. The Morgan fingerprint density at radius 1 is 0.903 bits per heavy atom. The van der Waals surface area contributed by atoms with Gasteiger partial charge in [0.25, 0.3) is 10.0 Å². The first-order chi connectivity index (χ1) is 15.0. The summed E-state index contributed by atoms with van der Waals surface area (Å²) in [5.74, 6) is -1.02. The van der Waals surface area contributed by atoms with Crippen LogP contribution in [0.15, 0.2) is 89.8 Å². The fourth-order valence-corrected chi connectivity index (χ4v) is 4.28. The highest BCUT2D eigenvalue weighted by atomic mass is 32.2. The number of sulfonamides is 1. The smallest absolute Gasteiger partial charge is 0.264 e. The summed E-state index contributed by atoms with van der Waals surface area (Å²) in [5, 5.41) is 2.67. The minimum absolute atomic E-state index is 0.100. The van der Waals surface area contributed by atoms with Crippen molar-refractivity contribution < 1.29 is 22.3 Å². The van der Waals surface area contributed by atoms with Crippen molar-refractivity contribution in [3.8, 4) is 0 Å². The topological polar surface area (TPSA) is 75.7 Å². The number of benzene rings is 3. The van der Waals surface area contributed by atoms with Crippen LogP contribution in [0.2, 0.25) is 0 Å².